The van der Waals surface area contributed by atoms with Gasteiger partial charge >= 0.3 is 59.7 Å². The maximum absolute atomic E-state index is 13.2. The van der Waals surface area contributed by atoms with Crippen LogP contribution in [0.25, 0.3) is 0 Å². The molecule has 129 heavy (non-hydrogen) atoms. The number of Topliss-reactive ketones (excluding diaryl/α,β-unsaturated/α-hetero) is 2. The van der Waals surface area contributed by atoms with Crippen LogP contribution in [0.1, 0.15) is 348 Å². The van der Waals surface area contributed by atoms with Crippen LogP contribution >= 0.6 is 0 Å². The van der Waals surface area contributed by atoms with E-state index in [2.05, 4.69) is 112 Å². The molecule has 2 fully saturated rings. The second-order valence-corrected chi connectivity index (χ2v) is 35.9. The number of unbranched alkanes of at least 4 members (excludes halogenated alkanes) is 1. The molecule has 0 aliphatic heterocycles. The van der Waals surface area contributed by atoms with Crippen LogP contribution in [0.3, 0.4) is 0 Å². The normalized spacial score (nSPS) is 14.9. The predicted molar refractivity (Wildman–Crippen MR) is 501 cm³/mol. The number of ketones is 2. The number of benzene rings is 7. The summed E-state index contributed by atoms with van der Waals surface area (Å²) in [5.74, 6) is 0.0640. The smallest absolute Gasteiger partial charge is 0.339 e. The van der Waals surface area contributed by atoms with Crippen molar-refractivity contribution in [2.24, 2.45) is 58.2 Å². The lowest BCUT2D eigenvalue weighted by Crippen LogP contribution is -2.27. The summed E-state index contributed by atoms with van der Waals surface area (Å²) in [5.41, 5.74) is 5.24. The van der Waals surface area contributed by atoms with E-state index in [0.717, 1.165) is 93.4 Å². The van der Waals surface area contributed by atoms with Gasteiger partial charge in [-0.1, -0.05) is 250 Å². The Morgan fingerprint density at radius 3 is 0.752 bits per heavy atom. The zero-order chi connectivity index (χ0) is 95.6. The molecule has 22 heteroatoms. The van der Waals surface area contributed by atoms with Gasteiger partial charge in [-0.3, -0.25) is 9.59 Å². The molecular weight excluding hydrogens is 1640 g/mol. The quantitative estimate of drug-likeness (QED) is 0.0154. The van der Waals surface area contributed by atoms with Gasteiger partial charge in [0.15, 0.2) is 11.6 Å². The molecule has 0 aromatic heterocycles. The van der Waals surface area contributed by atoms with Crippen LogP contribution in [0.15, 0.2) is 176 Å². The Morgan fingerprint density at radius 2 is 0.512 bits per heavy atom. The first kappa shape index (κ1) is 110. The Kier molecular flexibility index (Phi) is 50.2. The molecule has 2 saturated carbocycles. The molecule has 7 aromatic carbocycles. The third-order valence-corrected chi connectivity index (χ3v) is 23.2. The molecule has 2 atom stereocenters. The molecule has 702 valence electrons. The third-order valence-electron chi connectivity index (χ3n) is 23.2. The van der Waals surface area contributed by atoms with Gasteiger partial charge in [0.2, 0.25) is 0 Å². The molecule has 2 unspecified atom stereocenters. The highest BCUT2D eigenvalue weighted by molar-refractivity contribution is 6.09. The fourth-order valence-corrected chi connectivity index (χ4v) is 15.1. The molecular formula is C107H142O22. The number of ether oxygens (including phenoxy) is 10. The van der Waals surface area contributed by atoms with Crippen LogP contribution in [-0.2, 0) is 54.0 Å². The molecule has 22 nitrogen and oxygen atoms in total. The van der Waals surface area contributed by atoms with Gasteiger partial charge < -0.3 is 47.4 Å². The maximum atomic E-state index is 13.2. The van der Waals surface area contributed by atoms with E-state index >= 15 is 0 Å². The van der Waals surface area contributed by atoms with E-state index in [1.807, 2.05) is 61.5 Å². The van der Waals surface area contributed by atoms with Gasteiger partial charge in [0.25, 0.3) is 0 Å². The molecule has 0 N–H and O–H groups in total. The Balaban J connectivity index is 0.000000336. The van der Waals surface area contributed by atoms with Crippen molar-refractivity contribution in [3.05, 3.63) is 248 Å². The number of carbonyl (C=O) groups excluding carboxylic acids is 12. The summed E-state index contributed by atoms with van der Waals surface area (Å²) >= 11 is 0. The first-order chi connectivity index (χ1) is 61.5. The summed E-state index contributed by atoms with van der Waals surface area (Å²) in [6.07, 6.45) is 21.2. The Bertz CT molecular complexity index is 4240. The molecule has 0 bridgehead atoms. The molecule has 9 rings (SSSR count). The Morgan fingerprint density at radius 1 is 0.279 bits per heavy atom. The van der Waals surface area contributed by atoms with Crippen LogP contribution in [0, 0.1) is 58.2 Å². The zero-order valence-electron chi connectivity index (χ0n) is 79.8. The fourth-order valence-electron chi connectivity index (χ4n) is 15.1. The van der Waals surface area contributed by atoms with Crippen molar-refractivity contribution >= 4 is 71.3 Å². The minimum absolute atomic E-state index is 0.166. The van der Waals surface area contributed by atoms with Crippen molar-refractivity contribution < 1.29 is 105 Å². The molecule has 0 spiro atoms. The molecule has 0 radical (unpaired) electrons. The second-order valence-electron chi connectivity index (χ2n) is 35.9. The molecule has 0 saturated heterocycles. The SMILES string of the molecule is CC(C)(C)C1CCC(CC(=O)c2ccccc2C(=O)CC2CCC(C(C)(C)C)CC2)CC1.CC(C)CCCC(C)CCOC(=O)c1ccccc1C(=O)OCCC(C)CCCC(C)C.CCCCOC(=O)c1ccccc1C(=O)OCc1ccccc1.COC(=O)c1ccccc1C(=O)OC.COC(=O)c1ccccc1C(=O)OC.COC(=O)c1ccccc1C(=O)OC. The van der Waals surface area contributed by atoms with Crippen molar-refractivity contribution in [1.82, 2.24) is 0 Å². The van der Waals surface area contributed by atoms with Crippen LogP contribution in [-0.4, -0.2) is 134 Å². The number of esters is 10. The van der Waals surface area contributed by atoms with Crippen LogP contribution in [0.4, 0.5) is 0 Å². The minimum Gasteiger partial charge on any atom is -0.465 e. The van der Waals surface area contributed by atoms with E-state index in [-0.39, 0.29) is 73.8 Å². The lowest BCUT2D eigenvalue weighted by Gasteiger charge is -2.37. The lowest BCUT2D eigenvalue weighted by molar-refractivity contribution is 0.0436. The van der Waals surface area contributed by atoms with Crippen molar-refractivity contribution in [3.63, 3.8) is 0 Å². The monoisotopic (exact) mass is 1780 g/mol. The number of hydrogen-bond donors (Lipinski definition) is 0. The van der Waals surface area contributed by atoms with Crippen molar-refractivity contribution in [2.75, 3.05) is 62.5 Å². The highest BCUT2D eigenvalue weighted by Gasteiger charge is 2.34. The van der Waals surface area contributed by atoms with Gasteiger partial charge in [0.1, 0.15) is 6.61 Å². The van der Waals surface area contributed by atoms with Crippen LogP contribution in [0.5, 0.6) is 0 Å². The lowest BCUT2D eigenvalue weighted by atomic mass is 9.68. The van der Waals surface area contributed by atoms with Crippen molar-refractivity contribution in [1.29, 1.82) is 0 Å². The summed E-state index contributed by atoms with van der Waals surface area (Å²) in [7, 11) is 7.56. The van der Waals surface area contributed by atoms with E-state index in [1.165, 1.54) is 130 Å². The topological polar surface area (TPSA) is 297 Å². The minimum atomic E-state index is -0.550. The van der Waals surface area contributed by atoms with E-state index in [9.17, 15) is 57.5 Å². The summed E-state index contributed by atoms with van der Waals surface area (Å²) in [4.78, 5) is 143. The largest absolute Gasteiger partial charge is 0.465 e. The molecule has 7 aromatic rings. The van der Waals surface area contributed by atoms with E-state index in [4.69, 9.17) is 18.9 Å². The predicted octanol–water partition coefficient (Wildman–Crippen LogP) is 24.0. The highest BCUT2D eigenvalue weighted by atomic mass is 16.6. The molecule has 2 aliphatic rings. The van der Waals surface area contributed by atoms with E-state index in [0.29, 0.717) is 78.3 Å². The van der Waals surface area contributed by atoms with Gasteiger partial charge in [-0.25, -0.2) is 47.9 Å². The van der Waals surface area contributed by atoms with E-state index < -0.39 is 59.7 Å². The zero-order valence-corrected chi connectivity index (χ0v) is 79.8. The van der Waals surface area contributed by atoms with Crippen LogP contribution < -0.4 is 0 Å². The van der Waals surface area contributed by atoms with Crippen molar-refractivity contribution in [2.45, 2.75) is 225 Å². The van der Waals surface area contributed by atoms with Crippen LogP contribution in [0.2, 0.25) is 0 Å². The van der Waals surface area contributed by atoms with Gasteiger partial charge in [-0.2, -0.15) is 0 Å². The van der Waals surface area contributed by atoms with Gasteiger partial charge in [0.05, 0.1) is 118 Å². The first-order valence-electron chi connectivity index (χ1n) is 45.3. The number of hydrogen-bond acceptors (Lipinski definition) is 22. The second kappa shape index (κ2) is 58.9. The fraction of sp³-hybridized carbons (Fsp3) is 0.495. The average molecular weight is 1780 g/mol. The molecule has 0 amide bonds. The van der Waals surface area contributed by atoms with Gasteiger partial charge in [-0.15, -0.1) is 0 Å². The number of methoxy groups -OCH3 is 6. The molecule has 2 aliphatic carbocycles. The summed E-state index contributed by atoms with van der Waals surface area (Å²) in [6, 6.07) is 49.3. The third kappa shape index (κ3) is 39.6. The average Bonchev–Trinajstić information content (AvgIpc) is 0.820. The molecule has 0 heterocycles. The number of carbonyl (C=O) groups is 12. The Labute approximate surface area is 766 Å². The Hall–Kier alpha value is -11.4. The maximum Gasteiger partial charge on any atom is 0.339 e. The van der Waals surface area contributed by atoms with Gasteiger partial charge in [0, 0.05) is 24.0 Å². The van der Waals surface area contributed by atoms with Crippen molar-refractivity contribution in [3.8, 4) is 0 Å². The van der Waals surface area contributed by atoms with E-state index in [1.54, 1.807) is 84.9 Å². The summed E-state index contributed by atoms with van der Waals surface area (Å²) in [6.45, 7) is 30.6. The highest BCUT2D eigenvalue weighted by Crippen LogP contribution is 2.43. The first-order valence-corrected chi connectivity index (χ1v) is 45.3. The standard InChI is InChI=1S/C30H46O2.C28H46O4.C19H20O4.3C10H10O4/c1-29(2,3)23-15-11-21(12-16-23)19-27(31)25-9-7-8-10-26(25)28(32)20-22-13-17-24(18-14-22)30(4,5)6;1-21(2)11-9-13-23(5)17-19-31-27(29)25-15-7-8-16-26(25)28(30)32-20-18-24(6)14-10-12-22(3)4;1-2-3-13-22-18(20)16-11-7-8-12-17(16)19(21)23-14-15-9-5-4-6-10-15;3*1-13-9(11)7-5-3-4-6-8(7)10(12)14-2/h7-10,21-24H,11-20H2,1-6H3;7-8,15-16,21-24H,9-14,17-20H2,1-6H3;4-12H,2-3,13-14H2,1H3;3*3-6H,1-2H3. The van der Waals surface area contributed by atoms with Gasteiger partial charge in [-0.05, 0) is 195 Å². The summed E-state index contributed by atoms with van der Waals surface area (Å²) < 4.78 is 48.6. The number of rotatable bonds is 35. The summed E-state index contributed by atoms with van der Waals surface area (Å²) in [5, 5.41) is 0.